The van der Waals surface area contributed by atoms with E-state index in [1.54, 1.807) is 0 Å². The normalized spacial score (nSPS) is 11.4. The molecule has 0 fully saturated rings. The fraction of sp³-hybridized carbons (Fsp3) is 0.167. The van der Waals surface area contributed by atoms with Crippen LogP contribution in [0.15, 0.2) is 91.0 Å². The Balaban J connectivity index is 1.70. The molecule has 1 aromatic heterocycles. The molecular formula is C30H28ClN3. The first-order valence-corrected chi connectivity index (χ1v) is 11.8. The van der Waals surface area contributed by atoms with Crippen molar-refractivity contribution in [2.45, 2.75) is 5.92 Å². The second kappa shape index (κ2) is 9.00. The van der Waals surface area contributed by atoms with Crippen LogP contribution < -0.4 is 9.80 Å². The molecule has 0 unspecified atom stereocenters. The van der Waals surface area contributed by atoms with Gasteiger partial charge in [0.2, 0.25) is 0 Å². The molecule has 170 valence electrons. The van der Waals surface area contributed by atoms with E-state index in [1.807, 2.05) is 6.07 Å². The molecule has 34 heavy (non-hydrogen) atoms. The predicted octanol–water partition coefficient (Wildman–Crippen LogP) is 7.35. The molecule has 0 N–H and O–H groups in total. The Bertz CT molecular complexity index is 1400. The molecule has 0 saturated heterocycles. The van der Waals surface area contributed by atoms with Crippen LogP contribution >= 0.6 is 11.6 Å². The predicted molar refractivity (Wildman–Crippen MR) is 147 cm³/mol. The van der Waals surface area contributed by atoms with Gasteiger partial charge in [-0.1, -0.05) is 72.3 Å². The van der Waals surface area contributed by atoms with Crippen molar-refractivity contribution in [1.29, 1.82) is 0 Å². The number of halogens is 1. The second-order valence-electron chi connectivity index (χ2n) is 9.13. The highest BCUT2D eigenvalue weighted by Gasteiger charge is 2.22. The summed E-state index contributed by atoms with van der Waals surface area (Å²) < 4.78 is 0. The Morgan fingerprint density at radius 1 is 0.647 bits per heavy atom. The van der Waals surface area contributed by atoms with E-state index >= 15 is 0 Å². The van der Waals surface area contributed by atoms with Crippen LogP contribution in [0.25, 0.3) is 21.7 Å². The minimum Gasteiger partial charge on any atom is -0.378 e. The molecule has 4 heteroatoms. The number of hydrogen-bond donors (Lipinski definition) is 0. The van der Waals surface area contributed by atoms with Gasteiger partial charge in [-0.2, -0.15) is 0 Å². The first-order valence-electron chi connectivity index (χ1n) is 11.4. The van der Waals surface area contributed by atoms with Crippen LogP contribution in [0.1, 0.15) is 22.6 Å². The van der Waals surface area contributed by atoms with Gasteiger partial charge in [0, 0.05) is 61.8 Å². The Labute approximate surface area is 206 Å². The number of fused-ring (bicyclic) bond motifs is 3. The Hall–Kier alpha value is -3.56. The second-order valence-corrected chi connectivity index (χ2v) is 9.49. The number of rotatable bonds is 5. The molecule has 5 rings (SSSR count). The van der Waals surface area contributed by atoms with Gasteiger partial charge in [-0.25, -0.2) is 4.98 Å². The summed E-state index contributed by atoms with van der Waals surface area (Å²) in [6, 6.07) is 32.2. The molecule has 0 aliphatic carbocycles. The lowest BCUT2D eigenvalue weighted by Crippen LogP contribution is -2.11. The third-order valence-electron chi connectivity index (χ3n) is 6.49. The van der Waals surface area contributed by atoms with Crippen molar-refractivity contribution < 1.29 is 0 Å². The number of aromatic nitrogens is 1. The zero-order valence-electron chi connectivity index (χ0n) is 20.0. The van der Waals surface area contributed by atoms with Crippen LogP contribution in [0.5, 0.6) is 0 Å². The first kappa shape index (κ1) is 22.2. The van der Waals surface area contributed by atoms with Crippen LogP contribution in [0.2, 0.25) is 5.15 Å². The van der Waals surface area contributed by atoms with E-state index in [4.69, 9.17) is 16.6 Å². The van der Waals surface area contributed by atoms with E-state index in [-0.39, 0.29) is 5.92 Å². The summed E-state index contributed by atoms with van der Waals surface area (Å²) in [6.45, 7) is 0. The highest BCUT2D eigenvalue weighted by atomic mass is 35.5. The Kier molecular flexibility index (Phi) is 5.89. The van der Waals surface area contributed by atoms with Gasteiger partial charge in [-0.3, -0.25) is 0 Å². The van der Waals surface area contributed by atoms with Crippen molar-refractivity contribution >= 4 is 44.7 Å². The molecule has 5 aromatic rings. The maximum atomic E-state index is 6.93. The molecule has 0 spiro atoms. The largest absolute Gasteiger partial charge is 0.378 e. The number of nitrogens with zero attached hydrogens (tertiary/aromatic N) is 3. The summed E-state index contributed by atoms with van der Waals surface area (Å²) in [5, 5.41) is 3.93. The van der Waals surface area contributed by atoms with Crippen molar-refractivity contribution in [3.63, 3.8) is 0 Å². The molecule has 0 atom stereocenters. The van der Waals surface area contributed by atoms with Crippen LogP contribution in [0, 0.1) is 0 Å². The molecule has 0 bridgehead atoms. The van der Waals surface area contributed by atoms with E-state index in [0.29, 0.717) is 5.15 Å². The first-order chi connectivity index (χ1) is 16.4. The van der Waals surface area contributed by atoms with Gasteiger partial charge in [-0.15, -0.1) is 0 Å². The maximum Gasteiger partial charge on any atom is 0.133 e. The van der Waals surface area contributed by atoms with Gasteiger partial charge in [-0.05, 0) is 46.8 Å². The minimum atomic E-state index is -0.0247. The SMILES string of the molecule is CN(C)c1ccc(C(c2ccc(N(C)C)cc2)c2cc3ccc4ccccc4c3nc2Cl)cc1. The topological polar surface area (TPSA) is 19.4 Å². The van der Waals surface area contributed by atoms with E-state index in [1.165, 1.54) is 27.9 Å². The van der Waals surface area contributed by atoms with Crippen molar-refractivity contribution in [1.82, 2.24) is 4.98 Å². The maximum absolute atomic E-state index is 6.93. The third-order valence-corrected chi connectivity index (χ3v) is 6.79. The summed E-state index contributed by atoms with van der Waals surface area (Å²) in [5.41, 5.74) is 6.66. The molecule has 0 aliphatic heterocycles. The average molecular weight is 466 g/mol. The Morgan fingerprint density at radius 2 is 1.18 bits per heavy atom. The smallest absolute Gasteiger partial charge is 0.133 e. The number of benzene rings is 4. The van der Waals surface area contributed by atoms with Gasteiger partial charge in [0.05, 0.1) is 5.52 Å². The summed E-state index contributed by atoms with van der Waals surface area (Å²) in [6.07, 6.45) is 0. The van der Waals surface area contributed by atoms with Crippen LogP contribution in [0.4, 0.5) is 11.4 Å². The van der Waals surface area contributed by atoms with E-state index in [2.05, 4.69) is 123 Å². The van der Waals surface area contributed by atoms with Gasteiger partial charge >= 0.3 is 0 Å². The minimum absolute atomic E-state index is 0.0247. The summed E-state index contributed by atoms with van der Waals surface area (Å²) in [7, 11) is 8.23. The van der Waals surface area contributed by atoms with Crippen molar-refractivity contribution in [3.05, 3.63) is 113 Å². The summed E-state index contributed by atoms with van der Waals surface area (Å²) in [4.78, 5) is 9.14. The summed E-state index contributed by atoms with van der Waals surface area (Å²) in [5.74, 6) is -0.0247. The molecule has 1 heterocycles. The highest BCUT2D eigenvalue weighted by molar-refractivity contribution is 6.31. The summed E-state index contributed by atoms with van der Waals surface area (Å²) >= 11 is 6.93. The fourth-order valence-electron chi connectivity index (χ4n) is 4.59. The lowest BCUT2D eigenvalue weighted by molar-refractivity contribution is 0.966. The van der Waals surface area contributed by atoms with Gasteiger partial charge < -0.3 is 9.80 Å². The number of anilines is 2. The highest BCUT2D eigenvalue weighted by Crippen LogP contribution is 2.39. The lowest BCUT2D eigenvalue weighted by Gasteiger charge is -2.22. The molecule has 3 nitrogen and oxygen atoms in total. The third kappa shape index (κ3) is 4.08. The zero-order valence-corrected chi connectivity index (χ0v) is 20.7. The standard InChI is InChI=1S/C30H28ClN3/c1-33(2)24-15-11-21(12-16-24)28(22-13-17-25(18-14-22)34(3)4)27-19-23-10-9-20-7-5-6-8-26(20)29(23)32-30(27)31/h5-19,28H,1-4H3. The van der Waals surface area contributed by atoms with Crippen molar-refractivity contribution in [2.24, 2.45) is 0 Å². The zero-order chi connectivity index (χ0) is 23.8. The molecule has 0 saturated carbocycles. The van der Waals surface area contributed by atoms with E-state index in [9.17, 15) is 0 Å². The van der Waals surface area contributed by atoms with Crippen molar-refractivity contribution in [2.75, 3.05) is 38.0 Å². The van der Waals surface area contributed by atoms with Crippen LogP contribution in [0.3, 0.4) is 0 Å². The molecule has 0 aliphatic rings. The monoisotopic (exact) mass is 465 g/mol. The Morgan fingerprint density at radius 3 is 1.74 bits per heavy atom. The molecule has 0 radical (unpaired) electrons. The average Bonchev–Trinajstić information content (AvgIpc) is 2.85. The van der Waals surface area contributed by atoms with Gasteiger partial charge in [0.1, 0.15) is 5.15 Å². The molecule has 0 amide bonds. The number of pyridine rings is 1. The van der Waals surface area contributed by atoms with Gasteiger partial charge in [0.25, 0.3) is 0 Å². The fourth-order valence-corrected chi connectivity index (χ4v) is 4.84. The van der Waals surface area contributed by atoms with Crippen molar-refractivity contribution in [3.8, 4) is 0 Å². The quantitative estimate of drug-likeness (QED) is 0.200. The molecular weight excluding hydrogens is 438 g/mol. The van der Waals surface area contributed by atoms with Crippen LogP contribution in [-0.2, 0) is 0 Å². The number of hydrogen-bond acceptors (Lipinski definition) is 3. The van der Waals surface area contributed by atoms with Gasteiger partial charge in [0.15, 0.2) is 0 Å². The van der Waals surface area contributed by atoms with E-state index < -0.39 is 0 Å². The lowest BCUT2D eigenvalue weighted by atomic mass is 9.85. The van der Waals surface area contributed by atoms with E-state index in [0.717, 1.165) is 21.9 Å². The molecule has 4 aromatic carbocycles. The van der Waals surface area contributed by atoms with Crippen LogP contribution in [-0.4, -0.2) is 33.2 Å².